The van der Waals surface area contributed by atoms with Crippen LogP contribution in [-0.4, -0.2) is 43.0 Å². The topological polar surface area (TPSA) is 49.9 Å². The van der Waals surface area contributed by atoms with Crippen LogP contribution in [0.4, 0.5) is 5.69 Å². The van der Waals surface area contributed by atoms with Crippen LogP contribution in [0.25, 0.3) is 0 Å². The quantitative estimate of drug-likeness (QED) is 0.828. The standard InChI is InChI=1S/C20H21ClN2O3/c1-13-7-8-18(26-3)17(9-13)20(25)22-12-19(24)23(11-14(22)2)16-6-4-5-15(21)10-16/h4-10,14H,11-12H2,1-3H3/t14-/m1/s1. The highest BCUT2D eigenvalue weighted by Crippen LogP contribution is 2.26. The molecule has 1 aliphatic rings. The predicted molar refractivity (Wildman–Crippen MR) is 102 cm³/mol. The lowest BCUT2D eigenvalue weighted by molar-refractivity contribution is -0.121. The van der Waals surface area contributed by atoms with E-state index in [0.29, 0.717) is 22.9 Å². The Hall–Kier alpha value is -2.53. The molecule has 0 saturated carbocycles. The number of hydrogen-bond donors (Lipinski definition) is 0. The lowest BCUT2D eigenvalue weighted by atomic mass is 10.1. The molecule has 6 heteroatoms. The molecule has 0 aromatic heterocycles. The number of rotatable bonds is 3. The molecule has 0 N–H and O–H groups in total. The monoisotopic (exact) mass is 372 g/mol. The van der Waals surface area contributed by atoms with Gasteiger partial charge >= 0.3 is 0 Å². The van der Waals surface area contributed by atoms with E-state index in [2.05, 4.69) is 0 Å². The van der Waals surface area contributed by atoms with E-state index in [1.54, 1.807) is 34.1 Å². The van der Waals surface area contributed by atoms with Gasteiger partial charge in [0.25, 0.3) is 5.91 Å². The van der Waals surface area contributed by atoms with E-state index in [1.165, 1.54) is 7.11 Å². The van der Waals surface area contributed by atoms with Crippen molar-refractivity contribution in [2.75, 3.05) is 25.1 Å². The van der Waals surface area contributed by atoms with E-state index in [0.717, 1.165) is 11.3 Å². The van der Waals surface area contributed by atoms with Gasteiger partial charge in [0.05, 0.1) is 12.7 Å². The van der Waals surface area contributed by atoms with Crippen molar-refractivity contribution in [1.82, 2.24) is 4.90 Å². The number of amides is 2. The molecule has 2 aromatic rings. The number of anilines is 1. The van der Waals surface area contributed by atoms with Gasteiger partial charge in [-0.3, -0.25) is 9.59 Å². The number of carbonyl (C=O) groups is 2. The van der Waals surface area contributed by atoms with Crippen LogP contribution >= 0.6 is 11.6 Å². The molecule has 1 atom stereocenters. The Morgan fingerprint density at radius 1 is 1.23 bits per heavy atom. The molecule has 3 rings (SSSR count). The van der Waals surface area contributed by atoms with Gasteiger partial charge < -0.3 is 14.5 Å². The molecule has 0 spiro atoms. The number of ether oxygens (including phenoxy) is 1. The van der Waals surface area contributed by atoms with E-state index in [4.69, 9.17) is 16.3 Å². The third-order valence-electron chi connectivity index (χ3n) is 4.55. The Morgan fingerprint density at radius 2 is 2.00 bits per heavy atom. The van der Waals surface area contributed by atoms with Crippen molar-refractivity contribution in [2.24, 2.45) is 0 Å². The van der Waals surface area contributed by atoms with E-state index in [9.17, 15) is 9.59 Å². The number of benzene rings is 2. The SMILES string of the molecule is COc1ccc(C)cc1C(=O)N1CC(=O)N(c2cccc(Cl)c2)C[C@H]1C. The van der Waals surface area contributed by atoms with Crippen LogP contribution < -0.4 is 9.64 Å². The van der Waals surface area contributed by atoms with Crippen LogP contribution in [-0.2, 0) is 4.79 Å². The van der Waals surface area contributed by atoms with Gasteiger partial charge in [-0.15, -0.1) is 0 Å². The normalized spacial score (nSPS) is 17.4. The van der Waals surface area contributed by atoms with Gasteiger partial charge in [-0.25, -0.2) is 0 Å². The molecule has 136 valence electrons. The molecule has 5 nitrogen and oxygen atoms in total. The van der Waals surface area contributed by atoms with E-state index in [1.807, 2.05) is 32.0 Å². The fraction of sp³-hybridized carbons (Fsp3) is 0.300. The largest absolute Gasteiger partial charge is 0.496 e. The van der Waals surface area contributed by atoms with Crippen LogP contribution in [0.1, 0.15) is 22.8 Å². The summed E-state index contributed by atoms with van der Waals surface area (Å²) in [5, 5.41) is 0.575. The predicted octanol–water partition coefficient (Wildman–Crippen LogP) is 3.53. The molecule has 0 aliphatic carbocycles. The fourth-order valence-corrected chi connectivity index (χ4v) is 3.35. The number of aryl methyl sites for hydroxylation is 1. The maximum atomic E-state index is 13.0. The van der Waals surface area contributed by atoms with Crippen molar-refractivity contribution in [3.63, 3.8) is 0 Å². The lowest BCUT2D eigenvalue weighted by Gasteiger charge is -2.39. The van der Waals surface area contributed by atoms with Gasteiger partial charge in [0, 0.05) is 23.3 Å². The van der Waals surface area contributed by atoms with Crippen LogP contribution in [0.2, 0.25) is 5.02 Å². The average molecular weight is 373 g/mol. The number of carbonyl (C=O) groups excluding carboxylic acids is 2. The Labute approximate surface area is 158 Å². The summed E-state index contributed by atoms with van der Waals surface area (Å²) in [6, 6.07) is 12.5. The molecule has 2 amide bonds. The second kappa shape index (κ2) is 7.38. The summed E-state index contributed by atoms with van der Waals surface area (Å²) in [6.45, 7) is 4.29. The minimum Gasteiger partial charge on any atom is -0.496 e. The maximum Gasteiger partial charge on any atom is 0.258 e. The van der Waals surface area contributed by atoms with Gasteiger partial charge in [0.1, 0.15) is 12.3 Å². The molecule has 0 bridgehead atoms. The van der Waals surface area contributed by atoms with Crippen molar-refractivity contribution < 1.29 is 14.3 Å². The maximum absolute atomic E-state index is 13.0. The molecule has 1 fully saturated rings. The molecule has 1 aliphatic heterocycles. The molecule has 2 aromatic carbocycles. The number of piperazine rings is 1. The second-order valence-electron chi connectivity index (χ2n) is 6.47. The summed E-state index contributed by atoms with van der Waals surface area (Å²) in [5.74, 6) is 0.181. The smallest absolute Gasteiger partial charge is 0.258 e. The summed E-state index contributed by atoms with van der Waals surface area (Å²) in [6.07, 6.45) is 0. The third-order valence-corrected chi connectivity index (χ3v) is 4.79. The highest BCUT2D eigenvalue weighted by Gasteiger charge is 2.34. The minimum atomic E-state index is -0.197. The molecular formula is C20H21ClN2O3. The van der Waals surface area contributed by atoms with Crippen LogP contribution in [0.3, 0.4) is 0 Å². The average Bonchev–Trinajstić information content (AvgIpc) is 2.62. The van der Waals surface area contributed by atoms with Gasteiger partial charge in [-0.05, 0) is 44.2 Å². The van der Waals surface area contributed by atoms with Crippen molar-refractivity contribution in [1.29, 1.82) is 0 Å². The van der Waals surface area contributed by atoms with E-state index in [-0.39, 0.29) is 24.4 Å². The Bertz CT molecular complexity index is 853. The summed E-state index contributed by atoms with van der Waals surface area (Å²) >= 11 is 6.04. The van der Waals surface area contributed by atoms with E-state index >= 15 is 0 Å². The molecular weight excluding hydrogens is 352 g/mol. The molecule has 0 unspecified atom stereocenters. The summed E-state index contributed by atoms with van der Waals surface area (Å²) < 4.78 is 5.32. The first-order chi connectivity index (χ1) is 12.4. The molecule has 0 radical (unpaired) electrons. The lowest BCUT2D eigenvalue weighted by Crippen LogP contribution is -2.57. The Kier molecular flexibility index (Phi) is 5.18. The van der Waals surface area contributed by atoms with Crippen molar-refractivity contribution in [3.8, 4) is 5.75 Å². The molecule has 26 heavy (non-hydrogen) atoms. The van der Waals surface area contributed by atoms with Crippen LogP contribution in [0.15, 0.2) is 42.5 Å². The van der Waals surface area contributed by atoms with Crippen LogP contribution in [0.5, 0.6) is 5.75 Å². The number of halogens is 1. The zero-order chi connectivity index (χ0) is 18.8. The first-order valence-electron chi connectivity index (χ1n) is 8.42. The van der Waals surface area contributed by atoms with Crippen LogP contribution in [0, 0.1) is 6.92 Å². The van der Waals surface area contributed by atoms with Crippen molar-refractivity contribution >= 4 is 29.1 Å². The van der Waals surface area contributed by atoms with Gasteiger partial charge in [-0.1, -0.05) is 29.3 Å². The Morgan fingerprint density at radius 3 is 2.69 bits per heavy atom. The summed E-state index contributed by atoms with van der Waals surface area (Å²) in [5.41, 5.74) is 2.18. The van der Waals surface area contributed by atoms with Gasteiger partial charge in [0.15, 0.2) is 0 Å². The third kappa shape index (κ3) is 3.53. The molecule has 1 heterocycles. The number of hydrogen-bond acceptors (Lipinski definition) is 3. The van der Waals surface area contributed by atoms with E-state index < -0.39 is 0 Å². The van der Waals surface area contributed by atoms with Crippen molar-refractivity contribution in [3.05, 3.63) is 58.6 Å². The molecule has 1 saturated heterocycles. The first kappa shape index (κ1) is 18.3. The van der Waals surface area contributed by atoms with Gasteiger partial charge in [-0.2, -0.15) is 0 Å². The minimum absolute atomic E-state index is 0.0175. The van der Waals surface area contributed by atoms with Gasteiger partial charge in [0.2, 0.25) is 5.91 Å². The summed E-state index contributed by atoms with van der Waals surface area (Å²) in [7, 11) is 1.53. The highest BCUT2D eigenvalue weighted by molar-refractivity contribution is 6.30. The fourth-order valence-electron chi connectivity index (χ4n) is 3.16. The summed E-state index contributed by atoms with van der Waals surface area (Å²) in [4.78, 5) is 29.0. The number of nitrogens with zero attached hydrogens (tertiary/aromatic N) is 2. The zero-order valence-electron chi connectivity index (χ0n) is 15.0. The second-order valence-corrected chi connectivity index (χ2v) is 6.91. The first-order valence-corrected chi connectivity index (χ1v) is 8.80. The number of methoxy groups -OCH3 is 1. The highest BCUT2D eigenvalue weighted by atomic mass is 35.5. The Balaban J connectivity index is 1.85. The zero-order valence-corrected chi connectivity index (χ0v) is 15.8. The van der Waals surface area contributed by atoms with Crippen molar-refractivity contribution in [2.45, 2.75) is 19.9 Å².